The average molecular weight is 463 g/mol. The van der Waals surface area contributed by atoms with Crippen LogP contribution in [0.5, 0.6) is 0 Å². The number of Topliss-reactive ketones (excluding diaryl/α,β-unsaturated/α-hetero) is 1. The molecule has 1 fully saturated rings. The molecule has 9 heteroatoms. The van der Waals surface area contributed by atoms with Crippen LogP contribution in [-0.4, -0.2) is 48.0 Å². The number of hydrogen-bond donors (Lipinski definition) is 0. The van der Waals surface area contributed by atoms with Crippen molar-refractivity contribution < 1.29 is 22.4 Å². The van der Waals surface area contributed by atoms with Crippen molar-refractivity contribution in [2.24, 2.45) is 0 Å². The first-order chi connectivity index (χ1) is 14.8. The maximum absolute atomic E-state index is 12.9. The number of fused-ring (bicyclic) bond motifs is 1. The predicted octanol–water partition coefficient (Wildman–Crippen LogP) is 4.19. The Hall–Kier alpha value is -2.10. The van der Waals surface area contributed by atoms with E-state index >= 15 is 0 Å². The van der Waals surface area contributed by atoms with E-state index in [1.165, 1.54) is 23.9 Å². The maximum atomic E-state index is 12.9. The standard InChI is InChI=1S/C22H26N2O5S2/c1-4-31(26,27)17-7-8-21-19(11-17)23-22(29-21)30-13-20(25)18-10-14(2)24(15(18)3)12-16-6-5-9-28-16/h7-8,10-11,16H,4-6,9,12-13H2,1-3H3/t16-/m1/s1. The summed E-state index contributed by atoms with van der Waals surface area (Å²) in [5.41, 5.74) is 3.67. The highest BCUT2D eigenvalue weighted by atomic mass is 32.2. The molecule has 0 unspecified atom stereocenters. The van der Waals surface area contributed by atoms with Gasteiger partial charge in [0.25, 0.3) is 5.22 Å². The zero-order chi connectivity index (χ0) is 22.2. The van der Waals surface area contributed by atoms with E-state index in [2.05, 4.69) is 9.55 Å². The molecule has 1 aliphatic rings. The fraction of sp³-hybridized carbons (Fsp3) is 0.455. The number of carbonyl (C=O) groups excluding carboxylic acids is 1. The molecule has 3 aromatic rings. The van der Waals surface area contributed by atoms with Crippen LogP contribution in [-0.2, 0) is 21.1 Å². The third-order valence-electron chi connectivity index (χ3n) is 5.69. The van der Waals surface area contributed by atoms with Crippen molar-refractivity contribution in [1.29, 1.82) is 0 Å². The fourth-order valence-corrected chi connectivity index (χ4v) is 5.49. The molecule has 0 N–H and O–H groups in total. The van der Waals surface area contributed by atoms with Gasteiger partial charge in [0, 0.05) is 30.1 Å². The first-order valence-corrected chi connectivity index (χ1v) is 13.0. The van der Waals surface area contributed by atoms with Crippen molar-refractivity contribution in [2.45, 2.75) is 56.4 Å². The molecule has 0 amide bonds. The van der Waals surface area contributed by atoms with E-state index in [-0.39, 0.29) is 28.3 Å². The van der Waals surface area contributed by atoms with Crippen LogP contribution in [0.25, 0.3) is 11.1 Å². The molecule has 4 rings (SSSR count). The van der Waals surface area contributed by atoms with E-state index < -0.39 is 9.84 Å². The van der Waals surface area contributed by atoms with Gasteiger partial charge in [0.15, 0.2) is 21.2 Å². The zero-order valence-electron chi connectivity index (χ0n) is 17.9. The Balaban J connectivity index is 1.46. The van der Waals surface area contributed by atoms with Gasteiger partial charge in [-0.15, -0.1) is 0 Å². The summed E-state index contributed by atoms with van der Waals surface area (Å²) < 4.78 is 37.7. The molecule has 0 saturated carbocycles. The number of hydrogen-bond acceptors (Lipinski definition) is 7. The van der Waals surface area contributed by atoms with Gasteiger partial charge in [-0.3, -0.25) is 4.79 Å². The minimum Gasteiger partial charge on any atom is -0.431 e. The smallest absolute Gasteiger partial charge is 0.257 e. The highest BCUT2D eigenvalue weighted by molar-refractivity contribution is 7.99. The summed E-state index contributed by atoms with van der Waals surface area (Å²) in [5, 5.41) is 0.350. The van der Waals surface area contributed by atoms with E-state index in [1.807, 2.05) is 19.9 Å². The van der Waals surface area contributed by atoms with Gasteiger partial charge in [0.1, 0.15) is 5.52 Å². The summed E-state index contributed by atoms with van der Waals surface area (Å²) in [5.74, 6) is 0.225. The third kappa shape index (κ3) is 4.58. The number of benzene rings is 1. The van der Waals surface area contributed by atoms with Crippen LogP contribution in [0.1, 0.15) is 41.5 Å². The van der Waals surface area contributed by atoms with Gasteiger partial charge in [-0.1, -0.05) is 18.7 Å². The lowest BCUT2D eigenvalue weighted by Crippen LogP contribution is -2.17. The molecule has 1 aromatic carbocycles. The molecule has 2 aromatic heterocycles. The second-order valence-corrected chi connectivity index (χ2v) is 11.0. The summed E-state index contributed by atoms with van der Waals surface area (Å²) in [6.07, 6.45) is 2.35. The largest absolute Gasteiger partial charge is 0.431 e. The van der Waals surface area contributed by atoms with E-state index in [0.717, 1.165) is 37.4 Å². The molecular weight excluding hydrogens is 436 g/mol. The Morgan fingerprint density at radius 2 is 2.10 bits per heavy atom. The quantitative estimate of drug-likeness (QED) is 0.366. The van der Waals surface area contributed by atoms with Gasteiger partial charge in [-0.25, -0.2) is 13.4 Å². The van der Waals surface area contributed by atoms with E-state index in [1.54, 1.807) is 13.0 Å². The van der Waals surface area contributed by atoms with Crippen molar-refractivity contribution in [3.05, 3.63) is 41.2 Å². The van der Waals surface area contributed by atoms with Crippen LogP contribution < -0.4 is 0 Å². The van der Waals surface area contributed by atoms with Crippen LogP contribution >= 0.6 is 11.8 Å². The number of ketones is 1. The number of rotatable bonds is 8. The monoisotopic (exact) mass is 462 g/mol. The molecule has 0 bridgehead atoms. The number of aryl methyl sites for hydroxylation is 1. The molecule has 0 radical (unpaired) electrons. The lowest BCUT2D eigenvalue weighted by molar-refractivity contribution is 0.0957. The van der Waals surface area contributed by atoms with Gasteiger partial charge in [0.2, 0.25) is 0 Å². The minimum absolute atomic E-state index is 0.00759. The predicted molar refractivity (Wildman–Crippen MR) is 120 cm³/mol. The Kier molecular flexibility index (Phi) is 6.27. The third-order valence-corrected chi connectivity index (χ3v) is 8.25. The van der Waals surface area contributed by atoms with Gasteiger partial charge in [-0.05, 0) is 51.0 Å². The summed E-state index contributed by atoms with van der Waals surface area (Å²) in [6, 6.07) is 6.58. The van der Waals surface area contributed by atoms with E-state index in [4.69, 9.17) is 9.15 Å². The van der Waals surface area contributed by atoms with Crippen molar-refractivity contribution in [3.8, 4) is 0 Å². The highest BCUT2D eigenvalue weighted by Gasteiger charge is 2.22. The van der Waals surface area contributed by atoms with E-state index in [0.29, 0.717) is 21.9 Å². The first kappa shape index (κ1) is 22.1. The first-order valence-electron chi connectivity index (χ1n) is 10.4. The van der Waals surface area contributed by atoms with Gasteiger partial charge < -0.3 is 13.7 Å². The van der Waals surface area contributed by atoms with Crippen LogP contribution in [0.4, 0.5) is 0 Å². The van der Waals surface area contributed by atoms with Crippen LogP contribution in [0.15, 0.2) is 38.8 Å². The molecule has 7 nitrogen and oxygen atoms in total. The molecular formula is C22H26N2O5S2. The SMILES string of the molecule is CCS(=O)(=O)c1ccc2oc(SCC(=O)c3cc(C)n(C[C@H]4CCCO4)c3C)nc2c1. The van der Waals surface area contributed by atoms with Gasteiger partial charge >= 0.3 is 0 Å². The molecule has 166 valence electrons. The lowest BCUT2D eigenvalue weighted by atomic mass is 10.2. The fourth-order valence-electron chi connectivity index (χ4n) is 3.87. The summed E-state index contributed by atoms with van der Waals surface area (Å²) >= 11 is 1.21. The number of carbonyl (C=O) groups is 1. The molecule has 0 spiro atoms. The number of thioether (sulfide) groups is 1. The molecule has 0 aliphatic carbocycles. The summed E-state index contributed by atoms with van der Waals surface area (Å²) in [6.45, 7) is 7.16. The van der Waals surface area contributed by atoms with Gasteiger partial charge in [0.05, 0.1) is 22.5 Å². The number of sulfone groups is 1. The zero-order valence-corrected chi connectivity index (χ0v) is 19.5. The van der Waals surface area contributed by atoms with Gasteiger partial charge in [-0.2, -0.15) is 0 Å². The topological polar surface area (TPSA) is 91.4 Å². The molecule has 1 atom stereocenters. The number of nitrogens with zero attached hydrogens (tertiary/aromatic N) is 2. The average Bonchev–Trinajstić information content (AvgIpc) is 3.47. The van der Waals surface area contributed by atoms with Crippen molar-refractivity contribution in [3.63, 3.8) is 0 Å². The summed E-state index contributed by atoms with van der Waals surface area (Å²) in [7, 11) is -3.31. The Morgan fingerprint density at radius 3 is 2.81 bits per heavy atom. The molecule has 31 heavy (non-hydrogen) atoms. The highest BCUT2D eigenvalue weighted by Crippen LogP contribution is 2.27. The molecule has 1 saturated heterocycles. The second-order valence-electron chi connectivity index (χ2n) is 7.76. The number of ether oxygens (including phenoxy) is 1. The molecule has 3 heterocycles. The van der Waals surface area contributed by atoms with Crippen molar-refractivity contribution in [2.75, 3.05) is 18.1 Å². The normalized spacial score (nSPS) is 16.9. The Labute approximate surface area is 186 Å². The summed E-state index contributed by atoms with van der Waals surface area (Å²) in [4.78, 5) is 17.4. The number of aromatic nitrogens is 2. The Bertz CT molecular complexity index is 1220. The van der Waals surface area contributed by atoms with Crippen LogP contribution in [0.2, 0.25) is 0 Å². The second kappa shape index (κ2) is 8.80. The van der Waals surface area contributed by atoms with E-state index in [9.17, 15) is 13.2 Å². The Morgan fingerprint density at radius 1 is 1.29 bits per heavy atom. The van der Waals surface area contributed by atoms with Crippen molar-refractivity contribution >= 4 is 38.5 Å². The maximum Gasteiger partial charge on any atom is 0.257 e. The van der Waals surface area contributed by atoms with Crippen LogP contribution in [0.3, 0.4) is 0 Å². The number of oxazole rings is 1. The van der Waals surface area contributed by atoms with Crippen LogP contribution in [0, 0.1) is 13.8 Å². The lowest BCUT2D eigenvalue weighted by Gasteiger charge is -2.14. The molecule has 1 aliphatic heterocycles. The minimum atomic E-state index is -3.31. The van der Waals surface area contributed by atoms with Crippen molar-refractivity contribution in [1.82, 2.24) is 9.55 Å².